The van der Waals surface area contributed by atoms with Crippen molar-refractivity contribution in [3.05, 3.63) is 70.9 Å². The topological polar surface area (TPSA) is 59.2 Å². The van der Waals surface area contributed by atoms with Gasteiger partial charge < -0.3 is 9.32 Å². The highest BCUT2D eigenvalue weighted by atomic mass is 35.5. The number of nitrogens with zero attached hydrogens (tertiary/aromatic N) is 3. The summed E-state index contributed by atoms with van der Waals surface area (Å²) in [5.74, 6) is 0.555. The van der Waals surface area contributed by atoms with Crippen LogP contribution in [0.1, 0.15) is 19.4 Å². The second-order valence-corrected chi connectivity index (χ2v) is 8.67. The summed E-state index contributed by atoms with van der Waals surface area (Å²) in [5.41, 5.74) is 3.77. The lowest BCUT2D eigenvalue weighted by Crippen LogP contribution is -2.24. The number of aromatic nitrogens is 2. The minimum absolute atomic E-state index is 0.00442. The van der Waals surface area contributed by atoms with Gasteiger partial charge in [0, 0.05) is 29.9 Å². The Morgan fingerprint density at radius 1 is 1.17 bits per heavy atom. The van der Waals surface area contributed by atoms with Gasteiger partial charge in [-0.15, -0.1) is 10.2 Å². The fraction of sp³-hybridized carbons (Fsp3) is 0.227. The van der Waals surface area contributed by atoms with E-state index in [-0.39, 0.29) is 17.0 Å². The highest BCUT2D eigenvalue weighted by molar-refractivity contribution is 7.99. The molecule has 1 aromatic heterocycles. The molecule has 1 aliphatic rings. The van der Waals surface area contributed by atoms with Crippen LogP contribution in [-0.2, 0) is 10.2 Å². The van der Waals surface area contributed by atoms with Crippen LogP contribution in [0.15, 0.2) is 69.9 Å². The number of allylic oxidation sites excluding steroid dienone is 2. The molecule has 0 N–H and O–H groups in total. The molecular weight excluding hydrogens is 406 g/mol. The molecule has 1 aliphatic heterocycles. The molecule has 5 nitrogen and oxygen atoms in total. The molecule has 3 aromatic rings. The summed E-state index contributed by atoms with van der Waals surface area (Å²) in [6.45, 7) is 4.27. The van der Waals surface area contributed by atoms with E-state index in [2.05, 4.69) is 41.1 Å². The molecule has 0 bridgehead atoms. The molecule has 0 saturated heterocycles. The molecule has 0 radical (unpaired) electrons. The van der Waals surface area contributed by atoms with Gasteiger partial charge in [0.2, 0.25) is 5.89 Å². The molecule has 4 rings (SSSR count). The van der Waals surface area contributed by atoms with E-state index in [4.69, 9.17) is 16.0 Å². The van der Waals surface area contributed by atoms with E-state index in [0.29, 0.717) is 21.7 Å². The van der Waals surface area contributed by atoms with Crippen LogP contribution >= 0.6 is 23.4 Å². The lowest BCUT2D eigenvalue weighted by molar-refractivity contribution is -0.112. The number of likely N-dealkylation sites (N-methyl/N-ethyl adjacent to an activating group) is 1. The number of hydrogen-bond donors (Lipinski definition) is 0. The average molecular weight is 426 g/mol. The number of benzene rings is 2. The predicted octanol–water partition coefficient (Wildman–Crippen LogP) is 5.36. The lowest BCUT2D eigenvalue weighted by Gasteiger charge is -2.23. The largest absolute Gasteiger partial charge is 0.411 e. The zero-order valence-corrected chi connectivity index (χ0v) is 17.9. The van der Waals surface area contributed by atoms with Crippen molar-refractivity contribution in [1.29, 1.82) is 0 Å². The molecule has 0 atom stereocenters. The van der Waals surface area contributed by atoms with E-state index in [0.717, 1.165) is 11.4 Å². The summed E-state index contributed by atoms with van der Waals surface area (Å²) in [6.07, 6.45) is 1.72. The van der Waals surface area contributed by atoms with Crippen LogP contribution in [0.5, 0.6) is 0 Å². The Labute approximate surface area is 178 Å². The monoisotopic (exact) mass is 425 g/mol. The van der Waals surface area contributed by atoms with Crippen molar-refractivity contribution in [2.75, 3.05) is 17.7 Å². The molecule has 0 unspecified atom stereocenters. The predicted molar refractivity (Wildman–Crippen MR) is 116 cm³/mol. The van der Waals surface area contributed by atoms with Crippen LogP contribution < -0.4 is 4.90 Å². The van der Waals surface area contributed by atoms with Crippen molar-refractivity contribution in [2.45, 2.75) is 24.5 Å². The molecule has 0 fully saturated rings. The van der Waals surface area contributed by atoms with Gasteiger partial charge in [0.05, 0.1) is 16.3 Å². The van der Waals surface area contributed by atoms with Gasteiger partial charge in [-0.05, 0) is 23.8 Å². The van der Waals surface area contributed by atoms with E-state index >= 15 is 0 Å². The third kappa shape index (κ3) is 3.70. The second-order valence-electron chi connectivity index (χ2n) is 7.34. The van der Waals surface area contributed by atoms with E-state index in [1.165, 1.54) is 17.3 Å². The summed E-state index contributed by atoms with van der Waals surface area (Å²) < 4.78 is 5.66. The first-order valence-electron chi connectivity index (χ1n) is 9.17. The van der Waals surface area contributed by atoms with Gasteiger partial charge in [-0.3, -0.25) is 4.79 Å². The molecule has 29 heavy (non-hydrogen) atoms. The van der Waals surface area contributed by atoms with Crippen LogP contribution in [0, 0.1) is 0 Å². The fourth-order valence-electron chi connectivity index (χ4n) is 3.60. The Morgan fingerprint density at radius 3 is 2.66 bits per heavy atom. The van der Waals surface area contributed by atoms with Gasteiger partial charge in [0.15, 0.2) is 5.78 Å². The normalized spacial score (nSPS) is 16.3. The van der Waals surface area contributed by atoms with Gasteiger partial charge >= 0.3 is 0 Å². The van der Waals surface area contributed by atoms with Crippen LogP contribution in [0.4, 0.5) is 5.69 Å². The highest BCUT2D eigenvalue weighted by Crippen LogP contribution is 2.46. The summed E-state index contributed by atoms with van der Waals surface area (Å²) in [4.78, 5) is 14.7. The Morgan fingerprint density at radius 2 is 1.90 bits per heavy atom. The van der Waals surface area contributed by atoms with Gasteiger partial charge in [0.25, 0.3) is 5.22 Å². The molecule has 0 amide bonds. The van der Waals surface area contributed by atoms with Crippen molar-refractivity contribution in [3.63, 3.8) is 0 Å². The molecule has 0 aliphatic carbocycles. The fourth-order valence-corrected chi connectivity index (χ4v) is 4.40. The van der Waals surface area contributed by atoms with E-state index in [1.54, 1.807) is 12.1 Å². The van der Waals surface area contributed by atoms with Gasteiger partial charge in [-0.25, -0.2) is 0 Å². The smallest absolute Gasteiger partial charge is 0.277 e. The third-order valence-electron chi connectivity index (χ3n) is 5.09. The Bertz CT molecular complexity index is 1110. The molecule has 2 aromatic carbocycles. The number of para-hydroxylation sites is 1. The third-order valence-corrected chi connectivity index (χ3v) is 6.26. The number of carbonyl (C=O) groups is 1. The zero-order chi connectivity index (χ0) is 20.6. The summed E-state index contributed by atoms with van der Waals surface area (Å²) in [7, 11) is 1.99. The number of carbonyl (C=O) groups excluding carboxylic acids is 1. The maximum absolute atomic E-state index is 12.7. The Kier molecular flexibility index (Phi) is 5.23. The summed E-state index contributed by atoms with van der Waals surface area (Å²) in [5, 5.41) is 8.93. The SMILES string of the molecule is CN1C(=CC(=O)CSc2nnc(-c3ccccc3Cl)o2)C(C)(C)c2ccccc21. The molecule has 0 spiro atoms. The van der Waals surface area contributed by atoms with Crippen molar-refractivity contribution in [3.8, 4) is 11.5 Å². The van der Waals surface area contributed by atoms with Gasteiger partial charge in [-0.2, -0.15) is 0 Å². The van der Waals surface area contributed by atoms with Crippen LogP contribution in [0.25, 0.3) is 11.5 Å². The van der Waals surface area contributed by atoms with Crippen molar-refractivity contribution in [1.82, 2.24) is 10.2 Å². The Balaban J connectivity index is 1.47. The lowest BCUT2D eigenvalue weighted by atomic mass is 9.83. The Hall–Kier alpha value is -2.57. The number of ketones is 1. The van der Waals surface area contributed by atoms with E-state index < -0.39 is 0 Å². The van der Waals surface area contributed by atoms with E-state index in [1.807, 2.05) is 37.4 Å². The maximum atomic E-state index is 12.7. The second kappa shape index (κ2) is 7.69. The molecule has 2 heterocycles. The van der Waals surface area contributed by atoms with E-state index in [9.17, 15) is 4.79 Å². The molecule has 0 saturated carbocycles. The van der Waals surface area contributed by atoms with Crippen molar-refractivity contribution >= 4 is 34.8 Å². The van der Waals surface area contributed by atoms with Crippen LogP contribution in [0.3, 0.4) is 0 Å². The summed E-state index contributed by atoms with van der Waals surface area (Å²) >= 11 is 7.39. The number of thioether (sulfide) groups is 1. The maximum Gasteiger partial charge on any atom is 0.277 e. The minimum Gasteiger partial charge on any atom is -0.411 e. The first kappa shape index (κ1) is 19.7. The number of anilines is 1. The first-order valence-corrected chi connectivity index (χ1v) is 10.5. The van der Waals surface area contributed by atoms with Crippen LogP contribution in [0.2, 0.25) is 5.02 Å². The minimum atomic E-state index is -0.229. The molecule has 7 heteroatoms. The first-order chi connectivity index (χ1) is 13.9. The standard InChI is InChI=1S/C22H20ClN3O2S/c1-22(2)16-9-5-7-11-18(16)26(3)19(22)12-14(27)13-29-21-25-24-20(28-21)15-8-4-6-10-17(15)23/h4-12H,13H2,1-3H3. The number of fused-ring (bicyclic) bond motifs is 1. The zero-order valence-electron chi connectivity index (χ0n) is 16.3. The number of halogens is 1. The average Bonchev–Trinajstić information content (AvgIpc) is 3.25. The van der Waals surface area contributed by atoms with Crippen LogP contribution in [-0.4, -0.2) is 28.8 Å². The van der Waals surface area contributed by atoms with Crippen molar-refractivity contribution in [2.24, 2.45) is 0 Å². The van der Waals surface area contributed by atoms with Crippen molar-refractivity contribution < 1.29 is 9.21 Å². The number of hydrogen-bond acceptors (Lipinski definition) is 6. The quantitative estimate of drug-likeness (QED) is 0.405. The van der Waals surface area contributed by atoms with Gasteiger partial charge in [-0.1, -0.05) is 67.5 Å². The summed E-state index contributed by atoms with van der Waals surface area (Å²) in [6, 6.07) is 15.5. The number of rotatable bonds is 5. The molecular formula is C22H20ClN3O2S. The molecule has 148 valence electrons. The van der Waals surface area contributed by atoms with Gasteiger partial charge in [0.1, 0.15) is 0 Å². The highest BCUT2D eigenvalue weighted by Gasteiger charge is 2.38.